The molecule has 0 radical (unpaired) electrons. The van der Waals surface area contributed by atoms with Gasteiger partial charge in [-0.2, -0.15) is 0 Å². The number of allylic oxidation sites excluding steroid dienone is 2. The molecule has 1 aromatic rings. The Bertz CT molecular complexity index is 801. The summed E-state index contributed by atoms with van der Waals surface area (Å²) in [6.07, 6.45) is 4.36. The molecule has 0 saturated heterocycles. The predicted octanol–water partition coefficient (Wildman–Crippen LogP) is 0.694. The van der Waals surface area contributed by atoms with Gasteiger partial charge >= 0.3 is 0 Å². The third-order valence-corrected chi connectivity index (χ3v) is 4.14. The minimum absolute atomic E-state index is 0.224. The van der Waals surface area contributed by atoms with E-state index in [1.54, 1.807) is 12.3 Å². The van der Waals surface area contributed by atoms with Gasteiger partial charge in [0.15, 0.2) is 18.5 Å². The van der Waals surface area contributed by atoms with Gasteiger partial charge in [0.25, 0.3) is 5.91 Å². The van der Waals surface area contributed by atoms with Crippen molar-refractivity contribution in [2.75, 3.05) is 13.2 Å². The average Bonchev–Trinajstić information content (AvgIpc) is 2.81. The van der Waals surface area contributed by atoms with Crippen LogP contribution in [0.2, 0.25) is 0 Å². The summed E-state index contributed by atoms with van der Waals surface area (Å²) in [5, 5.41) is 1.36. The van der Waals surface area contributed by atoms with E-state index in [4.69, 9.17) is 16.3 Å². The Morgan fingerprint density at radius 1 is 1.29 bits per heavy atom. The Balaban J connectivity index is 2.19. The van der Waals surface area contributed by atoms with Crippen LogP contribution in [0.3, 0.4) is 0 Å². The second-order valence-corrected chi connectivity index (χ2v) is 6.63. The molecule has 1 aliphatic heterocycles. The van der Waals surface area contributed by atoms with Crippen molar-refractivity contribution in [1.82, 2.24) is 5.06 Å². The van der Waals surface area contributed by atoms with Crippen molar-refractivity contribution in [3.63, 3.8) is 0 Å². The van der Waals surface area contributed by atoms with Gasteiger partial charge in [-0.1, -0.05) is 36.8 Å². The quantitative estimate of drug-likeness (QED) is 0.453. The van der Waals surface area contributed by atoms with E-state index < -0.39 is 0 Å². The number of amides is 1. The smallest absolute Gasteiger partial charge is 0.273 e. The maximum atomic E-state index is 12.8. The van der Waals surface area contributed by atoms with E-state index in [1.165, 1.54) is 10.6 Å². The first kappa shape index (κ1) is 21.4. The van der Waals surface area contributed by atoms with Crippen LogP contribution in [0.5, 0.6) is 0 Å². The molecule has 1 aromatic carbocycles. The first-order chi connectivity index (χ1) is 13.4. The van der Waals surface area contributed by atoms with E-state index in [0.29, 0.717) is 42.5 Å². The molecule has 0 saturated carbocycles. The van der Waals surface area contributed by atoms with E-state index in [2.05, 4.69) is 41.2 Å². The van der Waals surface area contributed by atoms with Crippen molar-refractivity contribution in [2.45, 2.75) is 40.2 Å². The molecule has 7 nitrogen and oxygen atoms in total. The SMILES string of the molecule is CCCN(OCC)C(=O)C1=CC(N)=C(C=[NH+]Cc2ccc(C)cc2)N=C(N)C1. The molecule has 2 rings (SSSR count). The lowest BCUT2D eigenvalue weighted by Gasteiger charge is -2.21. The summed E-state index contributed by atoms with van der Waals surface area (Å²) < 4.78 is 0. The standard InChI is InChI=1S/C21H29N5O2/c1-4-10-26(28-5-2)21(27)17-11-18(22)19(25-20(23)12-17)14-24-13-16-8-6-15(3)7-9-16/h6-9,11,14H,4-5,10,12-13,22H2,1-3H3,(H2,23,25)/p+1. The highest BCUT2D eigenvalue weighted by atomic mass is 16.7. The number of nitrogens with one attached hydrogen (secondary N) is 1. The number of nitrogens with zero attached hydrogens (tertiary/aromatic N) is 2. The Kier molecular flexibility index (Phi) is 7.95. The molecule has 1 heterocycles. The summed E-state index contributed by atoms with van der Waals surface area (Å²) in [7, 11) is 0. The zero-order chi connectivity index (χ0) is 20.5. The van der Waals surface area contributed by atoms with Gasteiger partial charge in [-0.3, -0.25) is 9.63 Å². The summed E-state index contributed by atoms with van der Waals surface area (Å²) in [5.74, 6) is 0.0926. The number of benzene rings is 1. The molecule has 7 heteroatoms. The van der Waals surface area contributed by atoms with Gasteiger partial charge in [0.1, 0.15) is 5.84 Å². The largest absolute Gasteiger partial charge is 0.397 e. The molecule has 5 N–H and O–H groups in total. The minimum Gasteiger partial charge on any atom is -0.397 e. The first-order valence-corrected chi connectivity index (χ1v) is 9.54. The number of rotatable bonds is 8. The van der Waals surface area contributed by atoms with Crippen LogP contribution in [0.4, 0.5) is 0 Å². The van der Waals surface area contributed by atoms with Crippen LogP contribution < -0.4 is 16.5 Å². The van der Waals surface area contributed by atoms with Crippen LogP contribution in [0.1, 0.15) is 37.8 Å². The Morgan fingerprint density at radius 3 is 2.64 bits per heavy atom. The van der Waals surface area contributed by atoms with Gasteiger partial charge in [0.2, 0.25) is 0 Å². The van der Waals surface area contributed by atoms with Crippen molar-refractivity contribution in [3.05, 3.63) is 58.4 Å². The molecule has 0 bridgehead atoms. The molecule has 0 aliphatic carbocycles. The third kappa shape index (κ3) is 6.06. The number of aryl methyl sites for hydroxylation is 1. The van der Waals surface area contributed by atoms with Crippen LogP contribution >= 0.6 is 0 Å². The van der Waals surface area contributed by atoms with Gasteiger partial charge in [-0.05, 0) is 26.3 Å². The summed E-state index contributed by atoms with van der Waals surface area (Å²) >= 11 is 0. The highest BCUT2D eigenvalue weighted by molar-refractivity contribution is 6.01. The fraction of sp³-hybridized carbons (Fsp3) is 0.381. The fourth-order valence-electron chi connectivity index (χ4n) is 2.73. The monoisotopic (exact) mass is 384 g/mol. The predicted molar refractivity (Wildman–Crippen MR) is 111 cm³/mol. The first-order valence-electron chi connectivity index (χ1n) is 9.54. The van der Waals surface area contributed by atoms with Gasteiger partial charge in [0, 0.05) is 24.1 Å². The molecular weight excluding hydrogens is 354 g/mol. The van der Waals surface area contributed by atoms with Crippen molar-refractivity contribution in [3.8, 4) is 0 Å². The van der Waals surface area contributed by atoms with E-state index >= 15 is 0 Å². The molecular formula is C21H30N5O2+. The molecule has 28 heavy (non-hydrogen) atoms. The Hall–Kier alpha value is -2.93. The van der Waals surface area contributed by atoms with Gasteiger partial charge in [-0.25, -0.2) is 15.0 Å². The summed E-state index contributed by atoms with van der Waals surface area (Å²) in [4.78, 5) is 25.8. The number of nitrogens with two attached hydrogens (primary N) is 2. The molecule has 1 aliphatic rings. The number of carbonyl (C=O) groups excluding carboxylic acids is 1. The minimum atomic E-state index is -0.237. The number of hydrogen-bond acceptors (Lipinski definition) is 5. The molecule has 1 amide bonds. The lowest BCUT2D eigenvalue weighted by atomic mass is 10.1. The molecule has 0 unspecified atom stereocenters. The number of hydrogen-bond donors (Lipinski definition) is 3. The van der Waals surface area contributed by atoms with E-state index in [9.17, 15) is 4.79 Å². The highest BCUT2D eigenvalue weighted by Crippen LogP contribution is 2.16. The van der Waals surface area contributed by atoms with Crippen molar-refractivity contribution in [2.24, 2.45) is 16.5 Å². The van der Waals surface area contributed by atoms with Crippen LogP contribution in [-0.2, 0) is 16.2 Å². The van der Waals surface area contributed by atoms with Gasteiger partial charge in [-0.15, -0.1) is 0 Å². The van der Waals surface area contributed by atoms with Crippen molar-refractivity contribution < 1.29 is 14.6 Å². The van der Waals surface area contributed by atoms with Crippen LogP contribution in [-0.4, -0.2) is 36.2 Å². The lowest BCUT2D eigenvalue weighted by molar-refractivity contribution is -0.469. The molecule has 0 aromatic heterocycles. The fourth-order valence-corrected chi connectivity index (χ4v) is 2.73. The van der Waals surface area contributed by atoms with E-state index in [-0.39, 0.29) is 12.3 Å². The maximum Gasteiger partial charge on any atom is 0.273 e. The topological polar surface area (TPSA) is 108 Å². The van der Waals surface area contributed by atoms with Crippen LogP contribution in [0.15, 0.2) is 52.3 Å². The lowest BCUT2D eigenvalue weighted by Crippen LogP contribution is -2.67. The second-order valence-electron chi connectivity index (χ2n) is 6.63. The summed E-state index contributed by atoms with van der Waals surface area (Å²) in [6, 6.07) is 8.25. The zero-order valence-electron chi connectivity index (χ0n) is 16.9. The molecule has 0 atom stereocenters. The van der Waals surface area contributed by atoms with Crippen molar-refractivity contribution in [1.29, 1.82) is 0 Å². The Morgan fingerprint density at radius 2 is 2.00 bits per heavy atom. The Labute approximate surface area is 166 Å². The molecule has 0 spiro atoms. The molecule has 0 fully saturated rings. The third-order valence-electron chi connectivity index (χ3n) is 4.14. The average molecular weight is 385 g/mol. The summed E-state index contributed by atoms with van der Waals surface area (Å²) in [5.41, 5.74) is 15.9. The number of amidine groups is 1. The number of aliphatic imine (C=N–C) groups is 1. The second kappa shape index (κ2) is 10.4. The van der Waals surface area contributed by atoms with Gasteiger partial charge < -0.3 is 11.5 Å². The zero-order valence-corrected chi connectivity index (χ0v) is 16.9. The van der Waals surface area contributed by atoms with Crippen LogP contribution in [0.25, 0.3) is 0 Å². The summed E-state index contributed by atoms with van der Waals surface area (Å²) in [6.45, 7) is 7.43. The van der Waals surface area contributed by atoms with E-state index in [1.807, 2.05) is 13.8 Å². The van der Waals surface area contributed by atoms with Crippen molar-refractivity contribution >= 4 is 18.0 Å². The maximum absolute atomic E-state index is 12.8. The number of carbonyl (C=O) groups is 1. The van der Waals surface area contributed by atoms with Crippen LogP contribution in [0, 0.1) is 6.92 Å². The highest BCUT2D eigenvalue weighted by Gasteiger charge is 2.22. The number of hydroxylamine groups is 2. The van der Waals surface area contributed by atoms with E-state index in [0.717, 1.165) is 12.0 Å². The van der Waals surface area contributed by atoms with Gasteiger partial charge in [0.05, 0.1) is 12.3 Å². The normalized spacial score (nSPS) is 14.7. The molecule has 150 valence electrons.